The first-order valence-corrected chi connectivity index (χ1v) is 8.22. The summed E-state index contributed by atoms with van der Waals surface area (Å²) < 4.78 is 0. The van der Waals surface area contributed by atoms with Crippen molar-refractivity contribution in [3.63, 3.8) is 0 Å². The summed E-state index contributed by atoms with van der Waals surface area (Å²) >= 11 is 0. The molecule has 0 unspecified atom stereocenters. The van der Waals surface area contributed by atoms with E-state index in [1.807, 2.05) is 18.5 Å². The van der Waals surface area contributed by atoms with E-state index >= 15 is 0 Å². The molecular weight excluding hydrogens is 284 g/mol. The number of pyridine rings is 1. The third-order valence-corrected chi connectivity index (χ3v) is 4.50. The van der Waals surface area contributed by atoms with Crippen LogP contribution in [0.4, 0.5) is 0 Å². The molecule has 3 heterocycles. The average Bonchev–Trinajstić information content (AvgIpc) is 2.61. The molecular formula is C19H20N4. The Morgan fingerprint density at radius 2 is 2.04 bits per heavy atom. The van der Waals surface area contributed by atoms with Gasteiger partial charge in [-0.25, -0.2) is 9.97 Å². The molecule has 0 amide bonds. The van der Waals surface area contributed by atoms with Crippen molar-refractivity contribution in [1.82, 2.24) is 19.9 Å². The van der Waals surface area contributed by atoms with Gasteiger partial charge in [-0.2, -0.15) is 0 Å². The van der Waals surface area contributed by atoms with Gasteiger partial charge in [0, 0.05) is 43.8 Å². The molecule has 1 aliphatic rings. The summed E-state index contributed by atoms with van der Waals surface area (Å²) in [5, 5.41) is 1.21. The first-order valence-electron chi connectivity index (χ1n) is 8.22. The normalized spacial score (nSPS) is 14.8. The number of nitrogens with zero attached hydrogens (tertiary/aromatic N) is 4. The van der Waals surface area contributed by atoms with E-state index in [2.05, 4.69) is 46.1 Å². The first kappa shape index (κ1) is 14.3. The molecule has 1 aliphatic heterocycles. The van der Waals surface area contributed by atoms with Gasteiger partial charge in [-0.1, -0.05) is 31.2 Å². The van der Waals surface area contributed by atoms with E-state index in [0.29, 0.717) is 0 Å². The van der Waals surface area contributed by atoms with Crippen LogP contribution in [0.5, 0.6) is 0 Å². The number of rotatable bonds is 3. The largest absolute Gasteiger partial charge is 0.293 e. The van der Waals surface area contributed by atoms with Crippen molar-refractivity contribution >= 4 is 10.9 Å². The van der Waals surface area contributed by atoms with Crippen molar-refractivity contribution in [3.8, 4) is 0 Å². The van der Waals surface area contributed by atoms with Crippen LogP contribution >= 0.6 is 0 Å². The number of hydrogen-bond donors (Lipinski definition) is 0. The lowest BCUT2D eigenvalue weighted by molar-refractivity contribution is 0.241. The van der Waals surface area contributed by atoms with Crippen molar-refractivity contribution in [2.24, 2.45) is 0 Å². The summed E-state index contributed by atoms with van der Waals surface area (Å²) in [6.07, 6.45) is 5.80. The van der Waals surface area contributed by atoms with Crippen molar-refractivity contribution in [2.45, 2.75) is 32.9 Å². The molecule has 0 spiro atoms. The molecule has 0 aliphatic carbocycles. The number of hydrogen-bond acceptors (Lipinski definition) is 4. The standard InChI is InChI=1S/C19H20N4/c1-2-18-21-11-15-8-10-23(13-17(15)22-18)12-16-6-3-5-14-7-4-9-20-19(14)16/h3-7,9,11H,2,8,10,12-13H2,1H3. The maximum Gasteiger partial charge on any atom is 0.128 e. The molecule has 0 saturated heterocycles. The minimum absolute atomic E-state index is 0.889. The molecule has 0 atom stereocenters. The highest BCUT2D eigenvalue weighted by molar-refractivity contribution is 5.81. The molecule has 0 saturated carbocycles. The summed E-state index contributed by atoms with van der Waals surface area (Å²) in [5.74, 6) is 0.942. The van der Waals surface area contributed by atoms with E-state index in [4.69, 9.17) is 4.98 Å². The lowest BCUT2D eigenvalue weighted by Gasteiger charge is -2.28. The maximum absolute atomic E-state index is 4.72. The third-order valence-electron chi connectivity index (χ3n) is 4.50. The zero-order valence-electron chi connectivity index (χ0n) is 13.4. The summed E-state index contributed by atoms with van der Waals surface area (Å²) in [5.41, 5.74) is 4.89. The number of aryl methyl sites for hydroxylation is 1. The monoisotopic (exact) mass is 304 g/mol. The Morgan fingerprint density at radius 1 is 1.13 bits per heavy atom. The van der Waals surface area contributed by atoms with E-state index in [1.165, 1.54) is 22.2 Å². The molecule has 4 heteroatoms. The highest BCUT2D eigenvalue weighted by Gasteiger charge is 2.19. The molecule has 4 nitrogen and oxygen atoms in total. The van der Waals surface area contributed by atoms with Crippen molar-refractivity contribution in [3.05, 3.63) is 65.4 Å². The second-order valence-corrected chi connectivity index (χ2v) is 6.06. The molecule has 0 fully saturated rings. The van der Waals surface area contributed by atoms with Crippen molar-refractivity contribution in [2.75, 3.05) is 6.54 Å². The number of para-hydroxylation sites is 1. The van der Waals surface area contributed by atoms with Crippen LogP contribution in [0.25, 0.3) is 10.9 Å². The summed E-state index contributed by atoms with van der Waals surface area (Å²) in [6.45, 7) is 4.96. The second kappa shape index (κ2) is 6.05. The smallest absolute Gasteiger partial charge is 0.128 e. The summed E-state index contributed by atoms with van der Waals surface area (Å²) in [6, 6.07) is 10.5. The van der Waals surface area contributed by atoms with Crippen LogP contribution in [-0.2, 0) is 25.9 Å². The summed E-state index contributed by atoms with van der Waals surface area (Å²) in [7, 11) is 0. The number of benzene rings is 1. The van der Waals surface area contributed by atoms with Crippen LogP contribution in [0, 0.1) is 0 Å². The van der Waals surface area contributed by atoms with Gasteiger partial charge in [-0.05, 0) is 23.6 Å². The van der Waals surface area contributed by atoms with Crippen molar-refractivity contribution < 1.29 is 0 Å². The Hall–Kier alpha value is -2.33. The Labute approximate surface area is 136 Å². The van der Waals surface area contributed by atoms with Gasteiger partial charge in [-0.15, -0.1) is 0 Å². The molecule has 116 valence electrons. The molecule has 3 aromatic rings. The Kier molecular flexibility index (Phi) is 3.75. The van der Waals surface area contributed by atoms with Crippen LogP contribution in [0.15, 0.2) is 42.7 Å². The molecule has 0 radical (unpaired) electrons. The zero-order chi connectivity index (χ0) is 15.6. The van der Waals surface area contributed by atoms with Gasteiger partial charge in [0.2, 0.25) is 0 Å². The van der Waals surface area contributed by atoms with Gasteiger partial charge in [0.25, 0.3) is 0 Å². The topological polar surface area (TPSA) is 41.9 Å². The van der Waals surface area contributed by atoms with E-state index in [-0.39, 0.29) is 0 Å². The van der Waals surface area contributed by atoms with Gasteiger partial charge in [-0.3, -0.25) is 9.88 Å². The first-order chi connectivity index (χ1) is 11.3. The lowest BCUT2D eigenvalue weighted by Crippen LogP contribution is -2.31. The van der Waals surface area contributed by atoms with Crippen LogP contribution in [0.3, 0.4) is 0 Å². The molecule has 0 bridgehead atoms. The van der Waals surface area contributed by atoms with Crippen LogP contribution < -0.4 is 0 Å². The van der Waals surface area contributed by atoms with E-state index in [9.17, 15) is 0 Å². The van der Waals surface area contributed by atoms with E-state index in [0.717, 1.165) is 43.8 Å². The molecule has 4 rings (SSSR count). The van der Waals surface area contributed by atoms with Gasteiger partial charge < -0.3 is 0 Å². The SMILES string of the molecule is CCc1ncc2c(n1)CN(Cc1cccc3cccnc13)CC2. The Morgan fingerprint density at radius 3 is 2.96 bits per heavy atom. The van der Waals surface area contributed by atoms with E-state index in [1.54, 1.807) is 0 Å². The Balaban J connectivity index is 1.60. The zero-order valence-corrected chi connectivity index (χ0v) is 13.4. The van der Waals surface area contributed by atoms with Gasteiger partial charge >= 0.3 is 0 Å². The third kappa shape index (κ3) is 2.82. The van der Waals surface area contributed by atoms with Crippen LogP contribution in [-0.4, -0.2) is 26.4 Å². The second-order valence-electron chi connectivity index (χ2n) is 6.06. The number of fused-ring (bicyclic) bond motifs is 2. The Bertz CT molecular complexity index is 838. The number of aromatic nitrogens is 3. The average molecular weight is 304 g/mol. The van der Waals surface area contributed by atoms with Crippen molar-refractivity contribution in [1.29, 1.82) is 0 Å². The highest BCUT2D eigenvalue weighted by atomic mass is 15.1. The quantitative estimate of drug-likeness (QED) is 0.745. The minimum Gasteiger partial charge on any atom is -0.293 e. The molecule has 23 heavy (non-hydrogen) atoms. The molecule has 1 aromatic carbocycles. The fraction of sp³-hybridized carbons (Fsp3) is 0.316. The predicted octanol–water partition coefficient (Wildman–Crippen LogP) is 3.15. The van der Waals surface area contributed by atoms with E-state index < -0.39 is 0 Å². The van der Waals surface area contributed by atoms with Gasteiger partial charge in [0.05, 0.1) is 11.2 Å². The minimum atomic E-state index is 0.889. The maximum atomic E-state index is 4.72. The fourth-order valence-electron chi connectivity index (χ4n) is 3.24. The molecule has 2 aromatic heterocycles. The van der Waals surface area contributed by atoms with Crippen LogP contribution in [0.2, 0.25) is 0 Å². The van der Waals surface area contributed by atoms with Crippen LogP contribution in [0.1, 0.15) is 29.6 Å². The van der Waals surface area contributed by atoms with Gasteiger partial charge in [0.1, 0.15) is 5.82 Å². The predicted molar refractivity (Wildman–Crippen MR) is 91.0 cm³/mol. The fourth-order valence-corrected chi connectivity index (χ4v) is 3.24. The molecule has 0 N–H and O–H groups in total. The highest BCUT2D eigenvalue weighted by Crippen LogP contribution is 2.22. The lowest BCUT2D eigenvalue weighted by atomic mass is 10.0. The van der Waals surface area contributed by atoms with Gasteiger partial charge in [0.15, 0.2) is 0 Å². The summed E-state index contributed by atoms with van der Waals surface area (Å²) in [4.78, 5) is 16.2.